The van der Waals surface area contributed by atoms with Gasteiger partial charge in [0.15, 0.2) is 0 Å². The molecule has 22 heavy (non-hydrogen) atoms. The topological polar surface area (TPSA) is 131 Å². The standard InChI is InChI=1S/C7H17O4P.C6H15NO3/c1-2-3-4-5-6-7-11-12(8,9)10;1-4(8)7(5(2)9)6(3)10/h2-7H2,1H3,(H2,8,9,10);4-6,8-10H,1-3H3. The van der Waals surface area contributed by atoms with E-state index in [1.807, 2.05) is 0 Å². The number of hydrogen-bond acceptors (Lipinski definition) is 6. The molecule has 0 radical (unpaired) electrons. The first kappa shape index (κ1) is 24.2. The van der Waals surface area contributed by atoms with E-state index >= 15 is 0 Å². The molecular formula is C13H32NO7P. The summed E-state index contributed by atoms with van der Waals surface area (Å²) in [5, 5.41) is 26.9. The Balaban J connectivity index is 0. The van der Waals surface area contributed by atoms with Gasteiger partial charge in [0.05, 0.1) is 6.61 Å². The van der Waals surface area contributed by atoms with Crippen molar-refractivity contribution in [2.24, 2.45) is 0 Å². The lowest BCUT2D eigenvalue weighted by Crippen LogP contribution is -2.45. The molecule has 0 spiro atoms. The second-order valence-corrected chi connectivity index (χ2v) is 6.32. The third kappa shape index (κ3) is 16.3. The van der Waals surface area contributed by atoms with Gasteiger partial charge in [-0.05, 0) is 27.2 Å². The predicted molar refractivity (Wildman–Crippen MR) is 83.6 cm³/mol. The SMILES string of the molecule is CC(O)N(C(C)O)C(C)O.CCCCCCCOP(=O)(O)O. The van der Waals surface area contributed by atoms with E-state index in [0.717, 1.165) is 19.3 Å². The Hall–Kier alpha value is -0.0500. The first-order valence-electron chi connectivity index (χ1n) is 7.54. The molecule has 0 aromatic rings. The summed E-state index contributed by atoms with van der Waals surface area (Å²) in [6, 6.07) is 0. The molecule has 9 heteroatoms. The van der Waals surface area contributed by atoms with Crippen LogP contribution in [-0.2, 0) is 9.09 Å². The van der Waals surface area contributed by atoms with Gasteiger partial charge in [-0.1, -0.05) is 32.6 Å². The van der Waals surface area contributed by atoms with Gasteiger partial charge in [-0.2, -0.15) is 0 Å². The van der Waals surface area contributed by atoms with Crippen molar-refractivity contribution in [3.05, 3.63) is 0 Å². The minimum atomic E-state index is -4.22. The van der Waals surface area contributed by atoms with Crippen molar-refractivity contribution in [2.75, 3.05) is 6.61 Å². The number of aliphatic hydroxyl groups is 3. The van der Waals surface area contributed by atoms with Crippen molar-refractivity contribution in [3.8, 4) is 0 Å². The molecule has 0 aromatic heterocycles. The third-order valence-corrected chi connectivity index (χ3v) is 3.32. The summed E-state index contributed by atoms with van der Waals surface area (Å²) >= 11 is 0. The zero-order valence-corrected chi connectivity index (χ0v) is 14.8. The maximum absolute atomic E-state index is 10.2. The molecule has 0 fully saturated rings. The molecule has 0 aliphatic rings. The van der Waals surface area contributed by atoms with Crippen molar-refractivity contribution >= 4 is 7.82 Å². The van der Waals surface area contributed by atoms with Crippen LogP contribution in [0.4, 0.5) is 0 Å². The summed E-state index contributed by atoms with van der Waals surface area (Å²) in [6.45, 7) is 6.73. The molecular weight excluding hydrogens is 313 g/mol. The first-order chi connectivity index (χ1) is 10.0. The Morgan fingerprint density at radius 2 is 1.32 bits per heavy atom. The first-order valence-corrected chi connectivity index (χ1v) is 9.07. The number of nitrogens with zero attached hydrogens (tertiary/aromatic N) is 1. The van der Waals surface area contributed by atoms with Crippen molar-refractivity contribution in [1.29, 1.82) is 0 Å². The molecule has 0 aliphatic heterocycles. The Labute approximate surface area is 133 Å². The summed E-state index contributed by atoms with van der Waals surface area (Å²) in [7, 11) is -4.22. The summed E-state index contributed by atoms with van der Waals surface area (Å²) in [5.41, 5.74) is 0. The highest BCUT2D eigenvalue weighted by atomic mass is 31.2. The lowest BCUT2D eigenvalue weighted by atomic mass is 10.2. The van der Waals surface area contributed by atoms with Crippen LogP contribution in [0.1, 0.15) is 59.8 Å². The van der Waals surface area contributed by atoms with Crippen LogP contribution in [0.25, 0.3) is 0 Å². The third-order valence-electron chi connectivity index (χ3n) is 2.80. The van der Waals surface area contributed by atoms with Gasteiger partial charge in [0.2, 0.25) is 0 Å². The van der Waals surface area contributed by atoms with Crippen LogP contribution < -0.4 is 0 Å². The van der Waals surface area contributed by atoms with E-state index in [1.54, 1.807) is 0 Å². The number of unbranched alkanes of at least 4 members (excludes halogenated alkanes) is 4. The van der Waals surface area contributed by atoms with E-state index in [1.165, 1.54) is 38.5 Å². The second-order valence-electron chi connectivity index (χ2n) is 5.08. The highest BCUT2D eigenvalue weighted by molar-refractivity contribution is 7.46. The fourth-order valence-corrected chi connectivity index (χ4v) is 2.19. The van der Waals surface area contributed by atoms with Gasteiger partial charge >= 0.3 is 7.82 Å². The van der Waals surface area contributed by atoms with Gasteiger partial charge in [-0.3, -0.25) is 4.52 Å². The van der Waals surface area contributed by atoms with E-state index in [4.69, 9.17) is 25.1 Å². The van der Waals surface area contributed by atoms with Crippen LogP contribution in [0.5, 0.6) is 0 Å². The molecule has 3 atom stereocenters. The van der Waals surface area contributed by atoms with E-state index in [-0.39, 0.29) is 6.61 Å². The summed E-state index contributed by atoms with van der Waals surface area (Å²) in [5.74, 6) is 0. The fraction of sp³-hybridized carbons (Fsp3) is 1.00. The number of rotatable bonds is 10. The lowest BCUT2D eigenvalue weighted by molar-refractivity contribution is -0.159. The van der Waals surface area contributed by atoms with Crippen LogP contribution in [0.3, 0.4) is 0 Å². The number of aliphatic hydroxyl groups excluding tert-OH is 3. The summed E-state index contributed by atoms with van der Waals surface area (Å²) in [4.78, 5) is 17.8. The molecule has 3 unspecified atom stereocenters. The molecule has 0 amide bonds. The molecule has 0 bridgehead atoms. The molecule has 0 saturated carbocycles. The van der Waals surface area contributed by atoms with Crippen LogP contribution in [0, 0.1) is 0 Å². The van der Waals surface area contributed by atoms with E-state index in [9.17, 15) is 4.57 Å². The largest absolute Gasteiger partial charge is 0.469 e. The number of hydrogen-bond donors (Lipinski definition) is 5. The van der Waals surface area contributed by atoms with Crippen LogP contribution in [-0.4, -0.2) is 55.3 Å². The van der Waals surface area contributed by atoms with Gasteiger partial charge in [0.1, 0.15) is 18.7 Å². The molecule has 5 N–H and O–H groups in total. The quantitative estimate of drug-likeness (QED) is 0.228. The van der Waals surface area contributed by atoms with Crippen LogP contribution >= 0.6 is 7.82 Å². The van der Waals surface area contributed by atoms with Gasteiger partial charge in [-0.15, -0.1) is 0 Å². The normalized spacial score (nSPS) is 15.9. The fourth-order valence-electron chi connectivity index (χ4n) is 1.83. The summed E-state index contributed by atoms with van der Waals surface area (Å²) < 4.78 is 14.5. The Kier molecular flexibility index (Phi) is 14.7. The molecule has 0 heterocycles. The summed E-state index contributed by atoms with van der Waals surface area (Å²) in [6.07, 6.45) is 2.66. The van der Waals surface area contributed by atoms with Gasteiger partial charge < -0.3 is 25.1 Å². The molecule has 0 aliphatic carbocycles. The highest BCUT2D eigenvalue weighted by Crippen LogP contribution is 2.35. The highest BCUT2D eigenvalue weighted by Gasteiger charge is 2.20. The van der Waals surface area contributed by atoms with Crippen LogP contribution in [0.2, 0.25) is 0 Å². The molecule has 8 nitrogen and oxygen atoms in total. The molecule has 0 rings (SSSR count). The predicted octanol–water partition coefficient (Wildman–Crippen LogP) is 1.37. The minimum Gasteiger partial charge on any atom is -0.379 e. The van der Waals surface area contributed by atoms with E-state index in [2.05, 4.69) is 11.4 Å². The van der Waals surface area contributed by atoms with Crippen molar-refractivity contribution in [2.45, 2.75) is 78.5 Å². The zero-order valence-electron chi connectivity index (χ0n) is 13.9. The minimum absolute atomic E-state index is 0.161. The lowest BCUT2D eigenvalue weighted by Gasteiger charge is -2.30. The molecule has 136 valence electrons. The number of phosphoric acid groups is 1. The maximum Gasteiger partial charge on any atom is 0.469 e. The van der Waals surface area contributed by atoms with Crippen molar-refractivity contribution in [3.63, 3.8) is 0 Å². The van der Waals surface area contributed by atoms with Crippen molar-refractivity contribution in [1.82, 2.24) is 4.90 Å². The van der Waals surface area contributed by atoms with Gasteiger partial charge in [-0.25, -0.2) is 9.46 Å². The average Bonchev–Trinajstić information content (AvgIpc) is 2.31. The second kappa shape index (κ2) is 13.4. The maximum atomic E-state index is 10.2. The van der Waals surface area contributed by atoms with Gasteiger partial charge in [0.25, 0.3) is 0 Å². The van der Waals surface area contributed by atoms with E-state index < -0.39 is 26.5 Å². The molecule has 0 saturated heterocycles. The van der Waals surface area contributed by atoms with E-state index in [0.29, 0.717) is 0 Å². The Morgan fingerprint density at radius 3 is 1.59 bits per heavy atom. The van der Waals surface area contributed by atoms with Crippen molar-refractivity contribution < 1.29 is 34.2 Å². The van der Waals surface area contributed by atoms with Gasteiger partial charge in [0, 0.05) is 0 Å². The number of phosphoric ester groups is 1. The molecule has 0 aromatic carbocycles. The Morgan fingerprint density at radius 1 is 0.909 bits per heavy atom. The smallest absolute Gasteiger partial charge is 0.379 e. The Bertz CT molecular complexity index is 275. The zero-order chi connectivity index (χ0) is 17.8. The monoisotopic (exact) mass is 345 g/mol. The van der Waals surface area contributed by atoms with Crippen LogP contribution in [0.15, 0.2) is 0 Å². The average molecular weight is 345 g/mol.